The quantitative estimate of drug-likeness (QED) is 0.666. The number of amides is 1. The summed E-state index contributed by atoms with van der Waals surface area (Å²) in [6, 6.07) is 0. The second-order valence-corrected chi connectivity index (χ2v) is 10.0. The van der Waals surface area contributed by atoms with E-state index in [1.54, 1.807) is 4.90 Å². The van der Waals surface area contributed by atoms with Gasteiger partial charge in [-0.15, -0.1) is 0 Å². The van der Waals surface area contributed by atoms with Crippen molar-refractivity contribution in [3.8, 4) is 0 Å². The molecule has 1 aliphatic heterocycles. The summed E-state index contributed by atoms with van der Waals surface area (Å²) in [6.07, 6.45) is 10.1. The van der Waals surface area contributed by atoms with Crippen molar-refractivity contribution in [1.29, 1.82) is 0 Å². The molecule has 0 aromatic heterocycles. The van der Waals surface area contributed by atoms with Crippen molar-refractivity contribution in [2.75, 3.05) is 13.6 Å². The lowest BCUT2D eigenvalue weighted by molar-refractivity contribution is -0.134. The lowest BCUT2D eigenvalue weighted by Gasteiger charge is -2.55. The molecule has 138 valence electrons. The second kappa shape index (κ2) is 5.23. The molecule has 1 saturated heterocycles. The van der Waals surface area contributed by atoms with Gasteiger partial charge in [-0.25, -0.2) is 4.79 Å². The smallest absolute Gasteiger partial charge is 0.410 e. The predicted octanol–water partition coefficient (Wildman–Crippen LogP) is 4.03. The highest BCUT2D eigenvalue weighted by Crippen LogP contribution is 2.62. The molecule has 0 bridgehead atoms. The molecule has 5 rings (SSSR count). The summed E-state index contributed by atoms with van der Waals surface area (Å²) in [7, 11) is 1.86. The Bertz CT molecular complexity index is 618. The van der Waals surface area contributed by atoms with Crippen LogP contribution >= 0.6 is 0 Å². The molecule has 4 heteroatoms. The monoisotopic (exact) mass is 345 g/mol. The van der Waals surface area contributed by atoms with Crippen LogP contribution in [0, 0.1) is 35.0 Å². The summed E-state index contributed by atoms with van der Waals surface area (Å²) < 4.78 is 5.83. The number of ether oxygens (including phenoxy) is 1. The first-order chi connectivity index (χ1) is 11.9. The summed E-state index contributed by atoms with van der Waals surface area (Å²) in [5.41, 5.74) is -0.208. The fourth-order valence-electron chi connectivity index (χ4n) is 7.75. The Balaban J connectivity index is 1.35. The van der Waals surface area contributed by atoms with Crippen molar-refractivity contribution in [1.82, 2.24) is 4.90 Å². The van der Waals surface area contributed by atoms with Gasteiger partial charge in [-0.3, -0.25) is 4.79 Å². The van der Waals surface area contributed by atoms with Crippen molar-refractivity contribution < 1.29 is 14.3 Å². The van der Waals surface area contributed by atoms with Crippen LogP contribution in [-0.2, 0) is 9.53 Å². The Labute approximate surface area is 150 Å². The number of fused-ring (bicyclic) bond motifs is 5. The van der Waals surface area contributed by atoms with Crippen LogP contribution in [0.2, 0.25) is 0 Å². The Morgan fingerprint density at radius 2 is 1.80 bits per heavy atom. The molecule has 5 aliphatic rings. The molecule has 4 nitrogen and oxygen atoms in total. The van der Waals surface area contributed by atoms with Crippen molar-refractivity contribution >= 4 is 11.9 Å². The first kappa shape index (κ1) is 16.1. The Morgan fingerprint density at radius 3 is 2.56 bits per heavy atom. The van der Waals surface area contributed by atoms with Gasteiger partial charge >= 0.3 is 6.09 Å². The number of carbonyl (C=O) groups is 2. The minimum absolute atomic E-state index is 0.00636. The highest BCUT2D eigenvalue weighted by molar-refractivity contribution is 5.87. The standard InChI is InChI=1S/C21H31NO3/c1-20-9-7-15-14-8-10-21(12-22(2)19(24)25-21)11-13(14)3-4-16(15)17(20)5-6-18(20)23/h13-17H,3-12H2,1-2H3/t13?,14?,15?,16?,17?,20-,21+/m0/s1. The first-order valence-corrected chi connectivity index (χ1v) is 10.4. The van der Waals surface area contributed by atoms with E-state index in [-0.39, 0.29) is 17.1 Å². The van der Waals surface area contributed by atoms with E-state index >= 15 is 0 Å². The van der Waals surface area contributed by atoms with Gasteiger partial charge in [-0.05, 0) is 81.0 Å². The Morgan fingerprint density at radius 1 is 1.00 bits per heavy atom. The summed E-state index contributed by atoms with van der Waals surface area (Å²) in [6.45, 7) is 3.04. The molecule has 0 aromatic rings. The molecule has 1 amide bonds. The summed E-state index contributed by atoms with van der Waals surface area (Å²) >= 11 is 0. The average molecular weight is 345 g/mol. The van der Waals surface area contributed by atoms with E-state index in [2.05, 4.69) is 6.92 Å². The SMILES string of the molecule is CN1C[C@]2(CCC3C(CCC4C3CC[C@]3(C)C(=O)CCC43)C2)OC1=O. The number of Topliss-reactive ketones (excluding diaryl/α,β-unsaturated/α-hetero) is 1. The normalized spacial score (nSPS) is 51.9. The topological polar surface area (TPSA) is 46.6 Å². The van der Waals surface area contributed by atoms with Crippen molar-refractivity contribution in [3.63, 3.8) is 0 Å². The van der Waals surface area contributed by atoms with Crippen LogP contribution in [0.15, 0.2) is 0 Å². The summed E-state index contributed by atoms with van der Waals surface area (Å²) in [4.78, 5) is 26.1. The minimum atomic E-state index is -0.202. The molecule has 25 heavy (non-hydrogen) atoms. The molecule has 1 heterocycles. The number of nitrogens with zero attached hydrogens (tertiary/aromatic N) is 1. The molecule has 0 N–H and O–H groups in total. The van der Waals surface area contributed by atoms with Gasteiger partial charge in [-0.2, -0.15) is 0 Å². The Hall–Kier alpha value is -1.06. The van der Waals surface area contributed by atoms with Gasteiger partial charge in [0.05, 0.1) is 6.54 Å². The van der Waals surface area contributed by atoms with Crippen molar-refractivity contribution in [2.45, 2.75) is 70.3 Å². The number of ketones is 1. The third-order valence-electron chi connectivity index (χ3n) is 8.94. The van der Waals surface area contributed by atoms with E-state index in [0.717, 1.165) is 62.3 Å². The molecule has 4 saturated carbocycles. The maximum atomic E-state index is 12.5. The largest absolute Gasteiger partial charge is 0.441 e. The molecular formula is C21H31NO3. The molecule has 0 aromatic carbocycles. The number of hydrogen-bond acceptors (Lipinski definition) is 3. The summed E-state index contributed by atoms with van der Waals surface area (Å²) in [5.74, 6) is 4.29. The van der Waals surface area contributed by atoms with Gasteiger partial charge in [0.2, 0.25) is 0 Å². The Kier molecular flexibility index (Phi) is 3.38. The van der Waals surface area contributed by atoms with Crippen LogP contribution in [0.1, 0.15) is 64.7 Å². The predicted molar refractivity (Wildman–Crippen MR) is 94.0 cm³/mol. The fourth-order valence-corrected chi connectivity index (χ4v) is 7.75. The van der Waals surface area contributed by atoms with Crippen LogP contribution in [0.4, 0.5) is 4.79 Å². The fraction of sp³-hybridized carbons (Fsp3) is 0.905. The third-order valence-corrected chi connectivity index (χ3v) is 8.94. The van der Waals surface area contributed by atoms with Crippen molar-refractivity contribution in [2.24, 2.45) is 35.0 Å². The third kappa shape index (κ3) is 2.18. The maximum absolute atomic E-state index is 12.5. The second-order valence-electron chi connectivity index (χ2n) is 10.0. The van der Waals surface area contributed by atoms with Crippen LogP contribution in [0.25, 0.3) is 0 Å². The number of likely N-dealkylation sites (N-methyl/N-ethyl adjacent to an activating group) is 1. The van der Waals surface area contributed by atoms with Gasteiger partial charge < -0.3 is 9.64 Å². The number of hydrogen-bond donors (Lipinski definition) is 0. The number of carbonyl (C=O) groups excluding carboxylic acids is 2. The molecule has 4 aliphatic carbocycles. The van der Waals surface area contributed by atoms with E-state index < -0.39 is 0 Å². The van der Waals surface area contributed by atoms with Crippen LogP contribution in [0.5, 0.6) is 0 Å². The van der Waals surface area contributed by atoms with E-state index in [0.29, 0.717) is 11.7 Å². The van der Waals surface area contributed by atoms with E-state index in [1.807, 2.05) is 7.05 Å². The molecule has 1 spiro atoms. The first-order valence-electron chi connectivity index (χ1n) is 10.4. The molecule has 0 radical (unpaired) electrons. The van der Waals surface area contributed by atoms with E-state index in [9.17, 15) is 9.59 Å². The highest BCUT2D eigenvalue weighted by Gasteiger charge is 2.59. The number of rotatable bonds is 0. The van der Waals surface area contributed by atoms with Crippen LogP contribution in [-0.4, -0.2) is 36.0 Å². The van der Waals surface area contributed by atoms with Crippen LogP contribution in [0.3, 0.4) is 0 Å². The van der Waals surface area contributed by atoms with Crippen LogP contribution < -0.4 is 0 Å². The van der Waals surface area contributed by atoms with Gasteiger partial charge in [0.15, 0.2) is 0 Å². The van der Waals surface area contributed by atoms with E-state index in [4.69, 9.17) is 4.74 Å². The lowest BCUT2D eigenvalue weighted by atomic mass is 9.50. The van der Waals surface area contributed by atoms with Gasteiger partial charge in [0, 0.05) is 18.9 Å². The molecular weight excluding hydrogens is 314 g/mol. The van der Waals surface area contributed by atoms with E-state index in [1.165, 1.54) is 25.7 Å². The zero-order chi connectivity index (χ0) is 17.4. The van der Waals surface area contributed by atoms with Gasteiger partial charge in [-0.1, -0.05) is 6.92 Å². The maximum Gasteiger partial charge on any atom is 0.410 e. The molecule has 5 fully saturated rings. The molecule has 5 unspecified atom stereocenters. The average Bonchev–Trinajstić information content (AvgIpc) is 3.03. The van der Waals surface area contributed by atoms with Gasteiger partial charge in [0.1, 0.15) is 11.4 Å². The van der Waals surface area contributed by atoms with Gasteiger partial charge in [0.25, 0.3) is 0 Å². The minimum Gasteiger partial charge on any atom is -0.441 e. The van der Waals surface area contributed by atoms with Crippen molar-refractivity contribution in [3.05, 3.63) is 0 Å². The summed E-state index contributed by atoms with van der Waals surface area (Å²) in [5, 5.41) is 0. The lowest BCUT2D eigenvalue weighted by Crippen LogP contribution is -2.51. The zero-order valence-electron chi connectivity index (χ0n) is 15.6. The highest BCUT2D eigenvalue weighted by atomic mass is 16.6. The zero-order valence-corrected chi connectivity index (χ0v) is 15.6. The molecule has 7 atom stereocenters.